The summed E-state index contributed by atoms with van der Waals surface area (Å²) >= 11 is 0. The van der Waals surface area contributed by atoms with Crippen LogP contribution in [0.3, 0.4) is 0 Å². The number of aromatic nitrogens is 1. The average molecular weight is 996 g/mol. The van der Waals surface area contributed by atoms with E-state index in [0.717, 1.165) is 89.4 Å². The van der Waals surface area contributed by atoms with Gasteiger partial charge in [-0.3, -0.25) is 4.57 Å². The third kappa shape index (κ3) is 6.31. The lowest BCUT2D eigenvalue weighted by molar-refractivity contribution is 0.487. The SMILES string of the molecule is Bc1c(B)c(B)c(C2=C(C)\C=C(/N)n3c4ccccc4c4ccc5c(c43)C3(\C=C\2)c2c(cccc2N2c4ccccc4N(c4c(-c6ccccc6)cccc4-c4ccccc4)C23)C5c2ccc(-c3ccccc3)o2)c(B)c1B. The average Bonchev–Trinajstić information content (AvgIpc) is 4.45. The molecule has 4 aliphatic rings. The zero-order valence-corrected chi connectivity index (χ0v) is 44.8. The molecule has 78 heavy (non-hydrogen) atoms. The Morgan fingerprint density at radius 3 is 1.74 bits per heavy atom. The number of hydrogen-bond donors (Lipinski definition) is 1. The van der Waals surface area contributed by atoms with Crippen molar-refractivity contribution in [2.45, 2.75) is 24.4 Å². The van der Waals surface area contributed by atoms with Crippen LogP contribution in [0.5, 0.6) is 0 Å². The van der Waals surface area contributed by atoms with Crippen molar-refractivity contribution in [1.82, 2.24) is 4.57 Å². The van der Waals surface area contributed by atoms with Crippen molar-refractivity contribution in [2.24, 2.45) is 5.73 Å². The van der Waals surface area contributed by atoms with Crippen LogP contribution in [-0.4, -0.2) is 50.0 Å². The molecule has 0 fully saturated rings. The summed E-state index contributed by atoms with van der Waals surface area (Å²) in [7, 11) is 11.5. The number of para-hydroxylation sites is 4. The normalized spacial score (nSPS) is 19.8. The molecule has 2 aromatic heterocycles. The van der Waals surface area contributed by atoms with Crippen LogP contribution in [0.15, 0.2) is 228 Å². The minimum Gasteiger partial charge on any atom is -0.460 e. The summed E-state index contributed by atoms with van der Waals surface area (Å²) in [5, 5.41) is 2.32. The van der Waals surface area contributed by atoms with Crippen molar-refractivity contribution in [3.05, 3.63) is 258 Å². The Morgan fingerprint density at radius 2 is 1.06 bits per heavy atom. The van der Waals surface area contributed by atoms with Crippen LogP contribution in [0.25, 0.3) is 66.8 Å². The van der Waals surface area contributed by atoms with E-state index in [1.54, 1.807) is 0 Å². The predicted octanol–water partition coefficient (Wildman–Crippen LogP) is 7.89. The zero-order chi connectivity index (χ0) is 52.7. The monoisotopic (exact) mass is 996 g/mol. The first-order valence-corrected chi connectivity index (χ1v) is 27.4. The van der Waals surface area contributed by atoms with Crippen LogP contribution in [0.2, 0.25) is 0 Å². The summed E-state index contributed by atoms with van der Waals surface area (Å²) in [5.41, 5.74) is 34.5. The third-order valence-corrected chi connectivity index (χ3v) is 18.2. The summed E-state index contributed by atoms with van der Waals surface area (Å²) in [6, 6.07) is 73.4. The second-order valence-electron chi connectivity index (χ2n) is 21.9. The number of nitrogens with two attached hydrogens (primary N) is 1. The minimum atomic E-state index is -0.880. The molecule has 15 rings (SSSR count). The van der Waals surface area contributed by atoms with Crippen LogP contribution in [0.4, 0.5) is 22.7 Å². The molecule has 3 aliphatic heterocycles. The highest BCUT2D eigenvalue weighted by Gasteiger charge is 2.63. The van der Waals surface area contributed by atoms with E-state index in [1.165, 1.54) is 60.8 Å². The molecule has 3 atom stereocenters. The number of benzene rings is 9. The van der Waals surface area contributed by atoms with Crippen molar-refractivity contribution in [3.63, 3.8) is 0 Å². The molecule has 11 aromatic rings. The molecular weight excluding hydrogens is 943 g/mol. The lowest BCUT2D eigenvalue weighted by Gasteiger charge is -2.46. The molecule has 0 amide bonds. The van der Waals surface area contributed by atoms with Crippen molar-refractivity contribution in [2.75, 3.05) is 9.80 Å². The number of furan rings is 1. The Morgan fingerprint density at radius 1 is 0.500 bits per heavy atom. The summed E-state index contributed by atoms with van der Waals surface area (Å²) in [6.45, 7) is 2.26. The molecule has 0 saturated carbocycles. The number of nitrogens with zero attached hydrogens (tertiary/aromatic N) is 3. The molecule has 2 N–H and O–H groups in total. The van der Waals surface area contributed by atoms with Gasteiger partial charge in [-0.25, -0.2) is 0 Å². The standard InChI is InChI=1S/C68H53B5N4O/c1-38-37-55(74)76-49-27-12-11-23-45(49)46-31-32-48-56(54-34-33-53(78-54)41-21-9-4-10-22-41)47-26-16-30-52-58(47)68(59(48)66(46)76,36-35-42(38)57-60(69)62(71)64(73)63(72)61(57)70)67-75(52)50-28-13-14-29-51(50)77(67)65-43(39-17-5-2-6-18-39)24-15-25-44(65)40-19-7-3-8-20-40/h2-37,56,67H,69-74H2,1H3/b36-35+,42-38-,55-37+. The van der Waals surface area contributed by atoms with Crippen LogP contribution in [0.1, 0.15) is 46.4 Å². The molecule has 1 spiro atoms. The van der Waals surface area contributed by atoms with Gasteiger partial charge in [0.25, 0.3) is 0 Å². The van der Waals surface area contributed by atoms with Gasteiger partial charge in [0.15, 0.2) is 0 Å². The molecule has 10 heteroatoms. The highest BCUT2D eigenvalue weighted by Crippen LogP contribution is 2.68. The van der Waals surface area contributed by atoms with Gasteiger partial charge in [0.05, 0.1) is 39.4 Å². The number of allylic oxidation sites excluding steroid dienone is 4. The second-order valence-corrected chi connectivity index (χ2v) is 21.9. The Hall–Kier alpha value is -9.00. The van der Waals surface area contributed by atoms with Crippen LogP contribution in [0, 0.1) is 0 Å². The zero-order valence-electron chi connectivity index (χ0n) is 44.8. The van der Waals surface area contributed by atoms with E-state index in [0.29, 0.717) is 5.82 Å². The molecule has 1 aliphatic carbocycles. The molecule has 5 heterocycles. The van der Waals surface area contributed by atoms with E-state index < -0.39 is 5.41 Å². The van der Waals surface area contributed by atoms with Gasteiger partial charge in [0, 0.05) is 33.2 Å². The fourth-order valence-electron chi connectivity index (χ4n) is 14.4. The second kappa shape index (κ2) is 17.3. The third-order valence-electron chi connectivity index (χ3n) is 18.2. The molecule has 0 saturated heterocycles. The molecule has 9 aromatic carbocycles. The van der Waals surface area contributed by atoms with Crippen molar-refractivity contribution >= 4 is 122 Å². The molecule has 3 unspecified atom stereocenters. The highest BCUT2D eigenvalue weighted by molar-refractivity contribution is 6.68. The Bertz CT molecular complexity index is 4360. The molecule has 366 valence electrons. The Labute approximate surface area is 460 Å². The number of fused-ring (bicyclic) bond motifs is 7. The van der Waals surface area contributed by atoms with Crippen LogP contribution < -0.4 is 42.8 Å². The molecule has 0 bridgehead atoms. The lowest BCUT2D eigenvalue weighted by Crippen LogP contribution is -2.56. The Kier molecular flexibility index (Phi) is 10.2. The first-order chi connectivity index (χ1) is 38.2. The van der Waals surface area contributed by atoms with Gasteiger partial charge >= 0.3 is 0 Å². The van der Waals surface area contributed by atoms with E-state index in [9.17, 15) is 0 Å². The number of anilines is 4. The topological polar surface area (TPSA) is 50.6 Å². The number of rotatable bonds is 6. The van der Waals surface area contributed by atoms with E-state index in [1.807, 2.05) is 0 Å². The van der Waals surface area contributed by atoms with Crippen molar-refractivity contribution in [3.8, 4) is 33.6 Å². The van der Waals surface area contributed by atoms with Crippen LogP contribution in [-0.2, 0) is 5.41 Å². The molecule has 0 radical (unpaired) electrons. The van der Waals surface area contributed by atoms with E-state index in [-0.39, 0.29) is 12.1 Å². The maximum absolute atomic E-state index is 7.85. The minimum absolute atomic E-state index is 0.262. The quantitative estimate of drug-likeness (QED) is 0.173. The summed E-state index contributed by atoms with van der Waals surface area (Å²) in [4.78, 5) is 5.41. The van der Waals surface area contributed by atoms with Gasteiger partial charge in [-0.1, -0.05) is 187 Å². The maximum atomic E-state index is 7.85. The van der Waals surface area contributed by atoms with E-state index in [2.05, 4.69) is 279 Å². The highest BCUT2D eigenvalue weighted by atomic mass is 16.3. The fourth-order valence-corrected chi connectivity index (χ4v) is 14.4. The van der Waals surface area contributed by atoms with Crippen molar-refractivity contribution in [1.29, 1.82) is 0 Å². The summed E-state index contributed by atoms with van der Waals surface area (Å²) < 4.78 is 9.61. The van der Waals surface area contributed by atoms with Crippen LogP contribution >= 0.6 is 0 Å². The number of hydrogen-bond acceptors (Lipinski definition) is 4. The van der Waals surface area contributed by atoms with Gasteiger partial charge in [-0.05, 0) is 99.5 Å². The van der Waals surface area contributed by atoms with Gasteiger partial charge in [-0.15, -0.1) is 16.4 Å². The van der Waals surface area contributed by atoms with E-state index >= 15 is 0 Å². The van der Waals surface area contributed by atoms with Crippen molar-refractivity contribution < 1.29 is 4.42 Å². The van der Waals surface area contributed by atoms with Gasteiger partial charge in [-0.2, -0.15) is 0 Å². The lowest BCUT2D eigenvalue weighted by atomic mass is 9.59. The fraction of sp³-hybridized carbons (Fsp3) is 0.0588. The van der Waals surface area contributed by atoms with Gasteiger partial charge < -0.3 is 20.0 Å². The smallest absolute Gasteiger partial charge is 0.139 e. The Balaban J connectivity index is 1.15. The predicted molar refractivity (Wildman–Crippen MR) is 341 cm³/mol. The summed E-state index contributed by atoms with van der Waals surface area (Å²) in [5.74, 6) is 2.16. The largest absolute Gasteiger partial charge is 0.460 e. The maximum Gasteiger partial charge on any atom is 0.139 e. The summed E-state index contributed by atoms with van der Waals surface area (Å²) in [6.07, 6.45) is 7.00. The molecular formula is C68H53B5N4O. The van der Waals surface area contributed by atoms with Gasteiger partial charge in [0.2, 0.25) is 0 Å². The first-order valence-electron chi connectivity index (χ1n) is 27.4. The van der Waals surface area contributed by atoms with Gasteiger partial charge in [0.1, 0.15) is 62.7 Å². The first kappa shape index (κ1) is 46.3. The van der Waals surface area contributed by atoms with E-state index in [4.69, 9.17) is 10.2 Å². The molecule has 5 nitrogen and oxygen atoms in total.